The number of hydrogen-bond acceptors (Lipinski definition) is 7. The fraction of sp³-hybridized carbons (Fsp3) is 0.169. The number of para-hydroxylation sites is 1. The van der Waals surface area contributed by atoms with E-state index in [4.69, 9.17) is 0 Å². The van der Waals surface area contributed by atoms with E-state index in [1.54, 1.807) is 0 Å². The molecule has 0 amide bonds. The van der Waals surface area contributed by atoms with Crippen molar-refractivity contribution < 1.29 is 0 Å². The molecule has 4 aromatic heterocycles. The molecule has 137 heavy (non-hydrogen) atoms. The Morgan fingerprint density at radius 3 is 1.23 bits per heavy atom. The van der Waals surface area contributed by atoms with Gasteiger partial charge in [0.15, 0.2) is 0 Å². The number of nitrogens with zero attached hydrogens (tertiary/aromatic N) is 3. The van der Waals surface area contributed by atoms with Crippen LogP contribution in [0, 0.1) is 18.8 Å². The summed E-state index contributed by atoms with van der Waals surface area (Å²) in [6, 6.07) is 143. The molecule has 0 aliphatic heterocycles. The van der Waals surface area contributed by atoms with Crippen LogP contribution in [-0.4, -0.2) is 0 Å². The largest absolute Gasteiger partial charge is 0.310 e. The summed E-state index contributed by atoms with van der Waals surface area (Å²) in [4.78, 5) is 7.22. The van der Waals surface area contributed by atoms with Gasteiger partial charge < -0.3 is 14.7 Å². The molecule has 0 N–H and O–H groups in total. The molecule has 0 spiro atoms. The Balaban J connectivity index is 0.000000116. The summed E-state index contributed by atoms with van der Waals surface area (Å²) >= 11 is 7.63. The van der Waals surface area contributed by atoms with Crippen LogP contribution in [-0.2, 0) is 34.5 Å². The summed E-state index contributed by atoms with van der Waals surface area (Å²) in [5, 5.41) is 10.8. The van der Waals surface area contributed by atoms with Crippen molar-refractivity contribution in [3.8, 4) is 55.6 Å². The molecule has 3 aliphatic rings. The van der Waals surface area contributed by atoms with Crippen molar-refractivity contribution in [2.75, 3.05) is 14.7 Å². The number of hydrogen-bond donors (Lipinski definition) is 0. The molecular weight excluding hydrogens is 1730 g/mol. The molecule has 0 radical (unpaired) electrons. The fourth-order valence-corrected chi connectivity index (χ4v) is 26.9. The molecule has 0 unspecified atom stereocenters. The summed E-state index contributed by atoms with van der Waals surface area (Å²) < 4.78 is 10.8. The Kier molecular flexibility index (Phi) is 21.8. The van der Waals surface area contributed by atoms with E-state index in [2.05, 4.69) is 494 Å². The molecule has 4 heterocycles. The van der Waals surface area contributed by atoms with E-state index in [0.29, 0.717) is 11.8 Å². The van der Waals surface area contributed by atoms with Gasteiger partial charge in [-0.15, -0.1) is 45.3 Å². The van der Waals surface area contributed by atoms with E-state index in [9.17, 15) is 0 Å². The van der Waals surface area contributed by atoms with E-state index >= 15 is 0 Å². The minimum Gasteiger partial charge on any atom is -0.310 e. The maximum atomic E-state index is 2.47. The first-order valence-corrected chi connectivity index (χ1v) is 51.8. The van der Waals surface area contributed by atoms with Crippen LogP contribution >= 0.6 is 45.3 Å². The maximum absolute atomic E-state index is 2.47. The van der Waals surface area contributed by atoms with Gasteiger partial charge in [0.05, 0.1) is 0 Å². The number of benzene rings is 18. The van der Waals surface area contributed by atoms with Crippen molar-refractivity contribution in [1.29, 1.82) is 0 Å². The van der Waals surface area contributed by atoms with E-state index < -0.39 is 0 Å². The minimum absolute atomic E-state index is 0.000220. The van der Waals surface area contributed by atoms with Crippen LogP contribution in [0.5, 0.6) is 0 Å². The molecule has 3 nitrogen and oxygen atoms in total. The lowest BCUT2D eigenvalue weighted by molar-refractivity contribution is 0.590. The quantitative estimate of drug-likeness (QED) is 0.101. The van der Waals surface area contributed by atoms with Gasteiger partial charge in [-0.2, -0.15) is 0 Å². The third-order valence-electron chi connectivity index (χ3n) is 29.2. The Labute approximate surface area is 821 Å². The van der Waals surface area contributed by atoms with E-state index in [1.807, 2.05) is 45.3 Å². The van der Waals surface area contributed by atoms with Crippen molar-refractivity contribution in [2.45, 2.75) is 131 Å². The lowest BCUT2D eigenvalue weighted by Gasteiger charge is -2.28. The SMILES string of the molecule is CC(C)Cc1ccc(N(c2ccc(CC(C)C)cc2)c2ccc3c(c2)sc2cc4c(cc23)C(C)(C)c2ccccc2-4)cc1.CC1(C)c2ccccc2-c2ccc(N(c3ccccc3)c3ccc(-c4cccc5c4sc4cc6c(cc45)sc4ccccc46)cc3)cc21.Cc1cccc(-c2cccc(N(c3ccc(C(C)(C)C)cc3)c3ccc4sc5cc6c(cc5c4c3)-c3ccccc3C6(C)C)c2)c1. The maximum Gasteiger partial charge on any atom is 0.0476 e. The van der Waals surface area contributed by atoms with Gasteiger partial charge in [0, 0.05) is 148 Å². The van der Waals surface area contributed by atoms with Crippen LogP contribution in [0.4, 0.5) is 51.2 Å². The Morgan fingerprint density at radius 1 is 0.234 bits per heavy atom. The van der Waals surface area contributed by atoms with E-state index in [-0.39, 0.29) is 21.7 Å². The summed E-state index contributed by atoms with van der Waals surface area (Å²) in [6.07, 6.45) is 2.20. The highest BCUT2D eigenvalue weighted by Crippen LogP contribution is 2.57. The molecule has 7 heteroatoms. The van der Waals surface area contributed by atoms with Crippen LogP contribution in [0.1, 0.15) is 146 Å². The van der Waals surface area contributed by atoms with Crippen LogP contribution in [0.3, 0.4) is 0 Å². The van der Waals surface area contributed by atoms with Gasteiger partial charge in [-0.25, -0.2) is 0 Å². The van der Waals surface area contributed by atoms with Crippen molar-refractivity contribution in [1.82, 2.24) is 0 Å². The third kappa shape index (κ3) is 15.5. The second-order valence-corrected chi connectivity index (χ2v) is 45.8. The molecular formula is C130H111N3S4. The first-order valence-electron chi connectivity index (χ1n) is 48.5. The molecule has 670 valence electrons. The average Bonchev–Trinajstić information content (AvgIpc) is 1.57. The predicted octanol–water partition coefficient (Wildman–Crippen LogP) is 39.2. The van der Waals surface area contributed by atoms with Gasteiger partial charge in [-0.1, -0.05) is 320 Å². The number of anilines is 9. The molecule has 18 aromatic carbocycles. The van der Waals surface area contributed by atoms with Gasteiger partial charge in [0.2, 0.25) is 0 Å². The summed E-state index contributed by atoms with van der Waals surface area (Å²) in [5.74, 6) is 1.29. The highest BCUT2D eigenvalue weighted by Gasteiger charge is 2.40. The predicted molar refractivity (Wildman–Crippen MR) is 599 cm³/mol. The summed E-state index contributed by atoms with van der Waals surface area (Å²) in [5.41, 5.74) is 37.7. The second kappa shape index (κ2) is 34.2. The highest BCUT2D eigenvalue weighted by molar-refractivity contribution is 7.28. The standard InChI is InChI=1S/C45H31NS2.C44H39NS.C41H41NS/c1-45(2)39-17-8-6-13-33(39)34-24-23-31(25-40(34)45)46(29-11-4-3-5-12-29)30-21-19-28(20-22-30)32-15-10-16-36-38-27-42-37(26-43(38)48-44(32)36)35-14-7-9-18-41(35)47-42;1-28-11-9-12-29(23-28)30-13-10-14-33(24-30)45(32-19-17-31(18-20-32)43(2,3)4)34-21-22-41-37(25-34)38-26-36-35-15-7-8-16-39(35)44(5,6)40(36)27-42(38)46-41;1-26(2)21-28-11-15-30(16-12-28)42(31-17-13-29(14-18-31)22-27(3)4)32-19-20-34-36-24-38-35(25-40(36)43-39(34)23-32)33-9-7-8-10-37(33)41(38,5)6/h3-27H,1-2H3;7-27H,1-6H3;7-20,23-27H,21-22H2,1-6H3. The zero-order valence-electron chi connectivity index (χ0n) is 80.4. The zero-order valence-corrected chi connectivity index (χ0v) is 83.7. The Hall–Kier alpha value is -13.8. The average molecular weight is 1840 g/mol. The highest BCUT2D eigenvalue weighted by atomic mass is 32.1. The first-order chi connectivity index (χ1) is 66.3. The second-order valence-electron chi connectivity index (χ2n) is 41.5. The Morgan fingerprint density at radius 2 is 0.613 bits per heavy atom. The van der Waals surface area contributed by atoms with Crippen molar-refractivity contribution in [3.63, 3.8) is 0 Å². The van der Waals surface area contributed by atoms with Crippen molar-refractivity contribution in [3.05, 3.63) is 438 Å². The number of aryl methyl sites for hydroxylation is 1. The lowest BCUT2D eigenvalue weighted by Crippen LogP contribution is -2.16. The molecule has 0 saturated carbocycles. The number of thiophene rings is 4. The molecule has 0 saturated heterocycles. The topological polar surface area (TPSA) is 9.72 Å². The van der Waals surface area contributed by atoms with Crippen LogP contribution in [0.15, 0.2) is 382 Å². The van der Waals surface area contributed by atoms with Crippen molar-refractivity contribution >= 4 is 177 Å². The van der Waals surface area contributed by atoms with Crippen molar-refractivity contribution in [2.24, 2.45) is 11.8 Å². The normalized spacial score (nSPS) is 13.5. The molecule has 3 aliphatic carbocycles. The van der Waals surface area contributed by atoms with E-state index in [1.165, 1.54) is 220 Å². The zero-order chi connectivity index (χ0) is 93.7. The Bertz CT molecular complexity index is 8420. The number of rotatable bonds is 15. The minimum atomic E-state index is -0.0562. The van der Waals surface area contributed by atoms with Gasteiger partial charge in [0.25, 0.3) is 0 Å². The van der Waals surface area contributed by atoms with Crippen LogP contribution in [0.2, 0.25) is 0 Å². The first kappa shape index (κ1) is 87.3. The van der Waals surface area contributed by atoms with Gasteiger partial charge in [-0.3, -0.25) is 0 Å². The van der Waals surface area contributed by atoms with Gasteiger partial charge in [-0.05, 0) is 300 Å². The van der Waals surface area contributed by atoms with Crippen LogP contribution in [0.25, 0.3) is 136 Å². The molecule has 22 aromatic rings. The monoisotopic (exact) mass is 1840 g/mol. The fourth-order valence-electron chi connectivity index (χ4n) is 22.2. The molecule has 0 atom stereocenters. The lowest BCUT2D eigenvalue weighted by atomic mass is 9.82. The summed E-state index contributed by atoms with van der Waals surface area (Å²) in [6.45, 7) is 32.3. The van der Waals surface area contributed by atoms with Crippen LogP contribution < -0.4 is 14.7 Å². The van der Waals surface area contributed by atoms with E-state index in [0.717, 1.165) is 35.6 Å². The molecule has 25 rings (SSSR count). The van der Waals surface area contributed by atoms with Gasteiger partial charge in [0.1, 0.15) is 0 Å². The van der Waals surface area contributed by atoms with Gasteiger partial charge >= 0.3 is 0 Å². The third-order valence-corrected chi connectivity index (χ3v) is 33.8. The number of fused-ring (bicyclic) bond motifs is 21. The molecule has 0 fully saturated rings. The molecule has 0 bridgehead atoms. The summed E-state index contributed by atoms with van der Waals surface area (Å²) in [7, 11) is 0. The smallest absolute Gasteiger partial charge is 0.0476 e.